The van der Waals surface area contributed by atoms with Crippen molar-refractivity contribution in [1.82, 2.24) is 24.6 Å². The highest BCUT2D eigenvalue weighted by atomic mass is 19.3. The third-order valence-electron chi connectivity index (χ3n) is 3.35. The number of halogens is 4. The standard InChI is InChI=1S/C14H11F4N5O2/c1-7-12(8-2-9(16)13(20-3-8)25-6-15)19-4-10-21-22-11(23(7)10)5-24-14(17)18/h2-4,14H,5-6H2,1H3. The number of hydrogen-bond acceptors (Lipinski definition) is 6. The van der Waals surface area contributed by atoms with Gasteiger partial charge in [-0.05, 0) is 13.0 Å². The van der Waals surface area contributed by atoms with E-state index in [0.717, 1.165) is 6.07 Å². The van der Waals surface area contributed by atoms with Gasteiger partial charge in [-0.15, -0.1) is 10.2 Å². The van der Waals surface area contributed by atoms with E-state index in [1.165, 1.54) is 16.8 Å². The maximum atomic E-state index is 13.9. The molecule has 3 heterocycles. The molecule has 0 bridgehead atoms. The molecule has 3 rings (SSSR count). The van der Waals surface area contributed by atoms with Crippen molar-refractivity contribution in [2.24, 2.45) is 0 Å². The lowest BCUT2D eigenvalue weighted by Crippen LogP contribution is -2.06. The zero-order chi connectivity index (χ0) is 18.0. The monoisotopic (exact) mass is 357 g/mol. The molecule has 0 radical (unpaired) electrons. The van der Waals surface area contributed by atoms with Gasteiger partial charge in [0.25, 0.3) is 5.88 Å². The van der Waals surface area contributed by atoms with Crippen LogP contribution in [0.25, 0.3) is 16.9 Å². The fraction of sp³-hybridized carbons (Fsp3) is 0.286. The van der Waals surface area contributed by atoms with Crippen LogP contribution in [0.1, 0.15) is 11.5 Å². The first-order valence-electron chi connectivity index (χ1n) is 6.95. The Bertz CT molecular complexity index is 902. The smallest absolute Gasteiger partial charge is 0.345 e. The SMILES string of the molecule is Cc1c(-c2cnc(OCF)c(F)c2)ncc2nnc(COC(F)F)n12. The Balaban J connectivity index is 2.03. The van der Waals surface area contributed by atoms with Crippen LogP contribution < -0.4 is 4.74 Å². The van der Waals surface area contributed by atoms with Gasteiger partial charge in [0.15, 0.2) is 17.3 Å². The average Bonchev–Trinajstić information content (AvgIpc) is 2.99. The summed E-state index contributed by atoms with van der Waals surface area (Å²) in [6.45, 7) is -2.98. The van der Waals surface area contributed by atoms with Gasteiger partial charge < -0.3 is 9.47 Å². The molecule has 0 aromatic carbocycles. The van der Waals surface area contributed by atoms with E-state index in [1.807, 2.05) is 0 Å². The lowest BCUT2D eigenvalue weighted by molar-refractivity contribution is -0.138. The molecular formula is C14H11F4N5O2. The first kappa shape index (κ1) is 17.0. The van der Waals surface area contributed by atoms with Crippen LogP contribution in [0, 0.1) is 12.7 Å². The zero-order valence-electron chi connectivity index (χ0n) is 12.8. The van der Waals surface area contributed by atoms with Gasteiger partial charge in [0.05, 0.1) is 11.9 Å². The van der Waals surface area contributed by atoms with Gasteiger partial charge in [0.1, 0.15) is 6.61 Å². The normalized spacial score (nSPS) is 11.4. The number of hydrogen-bond donors (Lipinski definition) is 0. The van der Waals surface area contributed by atoms with Gasteiger partial charge in [0, 0.05) is 17.5 Å². The molecule has 0 atom stereocenters. The molecule has 0 saturated carbocycles. The van der Waals surface area contributed by atoms with E-state index in [4.69, 9.17) is 0 Å². The summed E-state index contributed by atoms with van der Waals surface area (Å²) in [4.78, 5) is 7.86. The molecule has 0 aliphatic heterocycles. The van der Waals surface area contributed by atoms with Crippen LogP contribution in [-0.4, -0.2) is 38.0 Å². The van der Waals surface area contributed by atoms with Crippen LogP contribution in [-0.2, 0) is 11.3 Å². The van der Waals surface area contributed by atoms with Crippen molar-refractivity contribution in [2.45, 2.75) is 20.1 Å². The molecule has 3 aromatic heterocycles. The van der Waals surface area contributed by atoms with Crippen molar-refractivity contribution >= 4 is 5.65 Å². The summed E-state index contributed by atoms with van der Waals surface area (Å²) >= 11 is 0. The summed E-state index contributed by atoms with van der Waals surface area (Å²) in [6.07, 6.45) is 2.61. The van der Waals surface area contributed by atoms with Gasteiger partial charge >= 0.3 is 6.61 Å². The number of aromatic nitrogens is 5. The van der Waals surface area contributed by atoms with Crippen LogP contribution in [0.15, 0.2) is 18.5 Å². The maximum absolute atomic E-state index is 13.9. The maximum Gasteiger partial charge on any atom is 0.345 e. The topological polar surface area (TPSA) is 74.4 Å². The van der Waals surface area contributed by atoms with E-state index in [0.29, 0.717) is 17.0 Å². The Morgan fingerprint density at radius 1 is 1.20 bits per heavy atom. The third kappa shape index (κ3) is 3.36. The highest BCUT2D eigenvalue weighted by Crippen LogP contribution is 2.25. The lowest BCUT2D eigenvalue weighted by Gasteiger charge is -2.10. The van der Waals surface area contributed by atoms with Gasteiger partial charge in [-0.1, -0.05) is 0 Å². The van der Waals surface area contributed by atoms with Crippen molar-refractivity contribution in [3.63, 3.8) is 0 Å². The summed E-state index contributed by atoms with van der Waals surface area (Å²) in [5.41, 5.74) is 1.40. The van der Waals surface area contributed by atoms with Crippen LogP contribution >= 0.6 is 0 Å². The molecule has 3 aromatic rings. The number of aryl methyl sites for hydroxylation is 1. The highest BCUT2D eigenvalue weighted by Gasteiger charge is 2.16. The van der Waals surface area contributed by atoms with Crippen molar-refractivity contribution in [2.75, 3.05) is 6.86 Å². The van der Waals surface area contributed by atoms with Crippen molar-refractivity contribution in [3.05, 3.63) is 35.8 Å². The van der Waals surface area contributed by atoms with E-state index >= 15 is 0 Å². The molecule has 0 amide bonds. The van der Waals surface area contributed by atoms with Gasteiger partial charge in [-0.3, -0.25) is 9.38 Å². The Kier molecular flexibility index (Phi) is 4.74. The molecule has 0 unspecified atom stereocenters. The Hall–Kier alpha value is -2.82. The molecular weight excluding hydrogens is 346 g/mol. The minimum atomic E-state index is -2.95. The molecule has 0 saturated heterocycles. The number of ether oxygens (including phenoxy) is 2. The predicted molar refractivity (Wildman–Crippen MR) is 76.1 cm³/mol. The van der Waals surface area contributed by atoms with Gasteiger partial charge in [-0.2, -0.15) is 8.78 Å². The summed E-state index contributed by atoms with van der Waals surface area (Å²) in [5.74, 6) is -1.19. The van der Waals surface area contributed by atoms with Gasteiger partial charge in [-0.25, -0.2) is 13.8 Å². The number of alkyl halides is 3. The van der Waals surface area contributed by atoms with Crippen molar-refractivity contribution in [3.8, 4) is 17.1 Å². The second kappa shape index (κ2) is 6.97. The molecule has 0 aliphatic carbocycles. The van der Waals surface area contributed by atoms with E-state index in [9.17, 15) is 17.6 Å². The van der Waals surface area contributed by atoms with E-state index in [2.05, 4.69) is 29.6 Å². The number of nitrogens with zero attached hydrogens (tertiary/aromatic N) is 5. The second-order valence-electron chi connectivity index (χ2n) is 4.84. The van der Waals surface area contributed by atoms with Crippen molar-refractivity contribution < 1.29 is 27.0 Å². The third-order valence-corrected chi connectivity index (χ3v) is 3.35. The largest absolute Gasteiger partial charge is 0.444 e. The number of pyridine rings is 1. The van der Waals surface area contributed by atoms with E-state index < -0.39 is 31.8 Å². The Labute approximate surface area is 138 Å². The summed E-state index contributed by atoms with van der Waals surface area (Å²) in [7, 11) is 0. The summed E-state index contributed by atoms with van der Waals surface area (Å²) < 4.78 is 60.6. The molecule has 11 heteroatoms. The highest BCUT2D eigenvalue weighted by molar-refractivity contribution is 5.63. The molecule has 7 nitrogen and oxygen atoms in total. The fourth-order valence-corrected chi connectivity index (χ4v) is 2.33. The fourth-order valence-electron chi connectivity index (χ4n) is 2.33. The van der Waals surface area contributed by atoms with Crippen LogP contribution in [0.2, 0.25) is 0 Å². The summed E-state index contributed by atoms with van der Waals surface area (Å²) in [5, 5.41) is 7.60. The molecule has 0 aliphatic rings. The Morgan fingerprint density at radius 2 is 2.00 bits per heavy atom. The lowest BCUT2D eigenvalue weighted by atomic mass is 10.1. The van der Waals surface area contributed by atoms with Crippen LogP contribution in [0.3, 0.4) is 0 Å². The minimum Gasteiger partial charge on any atom is -0.444 e. The predicted octanol–water partition coefficient (Wildman–Crippen LogP) is 2.68. The number of fused-ring (bicyclic) bond motifs is 1. The molecule has 0 N–H and O–H groups in total. The van der Waals surface area contributed by atoms with E-state index in [1.54, 1.807) is 6.92 Å². The Morgan fingerprint density at radius 3 is 2.68 bits per heavy atom. The molecule has 25 heavy (non-hydrogen) atoms. The number of rotatable bonds is 6. The van der Waals surface area contributed by atoms with Crippen molar-refractivity contribution in [1.29, 1.82) is 0 Å². The van der Waals surface area contributed by atoms with E-state index in [-0.39, 0.29) is 11.4 Å². The van der Waals surface area contributed by atoms with Crippen LogP contribution in [0.4, 0.5) is 17.6 Å². The first-order valence-corrected chi connectivity index (χ1v) is 6.95. The zero-order valence-corrected chi connectivity index (χ0v) is 12.8. The molecule has 0 fully saturated rings. The van der Waals surface area contributed by atoms with Gasteiger partial charge in [0.2, 0.25) is 6.86 Å². The molecule has 132 valence electrons. The van der Waals surface area contributed by atoms with Crippen LogP contribution in [0.5, 0.6) is 5.88 Å². The first-order chi connectivity index (χ1) is 12.0. The average molecular weight is 357 g/mol. The quantitative estimate of drug-likeness (QED) is 0.632. The second-order valence-corrected chi connectivity index (χ2v) is 4.84. The summed E-state index contributed by atoms with van der Waals surface area (Å²) in [6, 6.07) is 1.08. The molecule has 0 spiro atoms. The minimum absolute atomic E-state index is 0.141.